The highest BCUT2D eigenvalue weighted by Gasteiger charge is 2.20. The zero-order chi connectivity index (χ0) is 20.8. The van der Waals surface area contributed by atoms with Crippen molar-refractivity contribution in [2.75, 3.05) is 11.1 Å². The summed E-state index contributed by atoms with van der Waals surface area (Å²) in [6.07, 6.45) is 2.21. The van der Waals surface area contributed by atoms with E-state index in [0.29, 0.717) is 29.5 Å². The lowest BCUT2D eigenvalue weighted by molar-refractivity contribution is -0.113. The van der Waals surface area contributed by atoms with Gasteiger partial charge in [0.2, 0.25) is 11.1 Å². The Labute approximate surface area is 184 Å². The molecule has 29 heavy (non-hydrogen) atoms. The standard InChI is InChI=1S/C20H18BrClN4O2S/c1-2-11-26-18(12-14-3-5-15(21)6-4-14)24-25-20(26)29(28)13-19(27)23-17-9-7-16(22)8-10-17/h2-10H,1,11-13H2,(H,23,27). The van der Waals surface area contributed by atoms with E-state index < -0.39 is 10.8 Å². The normalized spacial score (nSPS) is 11.8. The van der Waals surface area contributed by atoms with Crippen molar-refractivity contribution in [1.29, 1.82) is 0 Å². The van der Waals surface area contributed by atoms with Gasteiger partial charge in [-0.25, -0.2) is 0 Å². The van der Waals surface area contributed by atoms with Crippen molar-refractivity contribution in [3.8, 4) is 0 Å². The van der Waals surface area contributed by atoms with Gasteiger partial charge in [0.1, 0.15) is 22.4 Å². The van der Waals surface area contributed by atoms with Crippen molar-refractivity contribution in [2.45, 2.75) is 18.1 Å². The first-order valence-corrected chi connectivity index (χ1v) is 11.2. The average molecular weight is 494 g/mol. The fourth-order valence-corrected chi connectivity index (χ4v) is 4.02. The molecule has 1 amide bonds. The van der Waals surface area contributed by atoms with Gasteiger partial charge in [-0.05, 0) is 42.0 Å². The zero-order valence-electron chi connectivity index (χ0n) is 15.3. The summed E-state index contributed by atoms with van der Waals surface area (Å²) in [4.78, 5) is 12.3. The first-order valence-electron chi connectivity index (χ1n) is 8.67. The minimum atomic E-state index is -1.65. The molecule has 0 aliphatic heterocycles. The van der Waals surface area contributed by atoms with Gasteiger partial charge >= 0.3 is 0 Å². The summed E-state index contributed by atoms with van der Waals surface area (Å²) < 4.78 is 15.5. The summed E-state index contributed by atoms with van der Waals surface area (Å²) in [5, 5.41) is 11.8. The maximum absolute atomic E-state index is 12.8. The Bertz CT molecular complexity index is 1040. The minimum Gasteiger partial charge on any atom is -0.325 e. The van der Waals surface area contributed by atoms with Gasteiger partial charge in [-0.1, -0.05) is 45.7 Å². The Morgan fingerprint density at radius 3 is 2.52 bits per heavy atom. The first-order chi connectivity index (χ1) is 14.0. The quantitative estimate of drug-likeness (QED) is 0.477. The molecule has 150 valence electrons. The summed E-state index contributed by atoms with van der Waals surface area (Å²) in [6.45, 7) is 4.15. The molecular formula is C20H18BrClN4O2S. The van der Waals surface area contributed by atoms with Crippen LogP contribution < -0.4 is 5.32 Å². The topological polar surface area (TPSA) is 76.9 Å². The van der Waals surface area contributed by atoms with E-state index in [1.54, 1.807) is 34.9 Å². The van der Waals surface area contributed by atoms with E-state index in [1.807, 2.05) is 24.3 Å². The molecule has 0 radical (unpaired) electrons. The van der Waals surface area contributed by atoms with E-state index in [1.165, 1.54) is 0 Å². The van der Waals surface area contributed by atoms with E-state index in [0.717, 1.165) is 10.0 Å². The lowest BCUT2D eigenvalue weighted by atomic mass is 10.1. The van der Waals surface area contributed by atoms with Crippen molar-refractivity contribution in [1.82, 2.24) is 14.8 Å². The van der Waals surface area contributed by atoms with Crippen molar-refractivity contribution >= 4 is 49.9 Å². The molecule has 0 spiro atoms. The van der Waals surface area contributed by atoms with Crippen molar-refractivity contribution in [3.05, 3.63) is 82.1 Å². The van der Waals surface area contributed by atoms with E-state index in [-0.39, 0.29) is 16.8 Å². The Kier molecular flexibility index (Phi) is 7.35. The number of allylic oxidation sites excluding steroid dienone is 1. The second-order valence-electron chi connectivity index (χ2n) is 6.15. The number of hydrogen-bond acceptors (Lipinski definition) is 4. The molecule has 1 aromatic heterocycles. The number of rotatable bonds is 8. The SMILES string of the molecule is C=CCn1c(Cc2ccc(Br)cc2)nnc1S(=O)CC(=O)Nc1ccc(Cl)cc1. The number of nitrogens with one attached hydrogen (secondary N) is 1. The molecule has 3 aromatic rings. The molecule has 3 rings (SSSR count). The largest absolute Gasteiger partial charge is 0.325 e. The monoisotopic (exact) mass is 492 g/mol. The Morgan fingerprint density at radius 2 is 1.86 bits per heavy atom. The molecule has 1 unspecified atom stereocenters. The second kappa shape index (κ2) is 9.96. The molecule has 1 heterocycles. The highest BCUT2D eigenvalue weighted by molar-refractivity contribution is 9.10. The second-order valence-corrected chi connectivity index (χ2v) is 8.84. The molecule has 2 aromatic carbocycles. The zero-order valence-corrected chi connectivity index (χ0v) is 18.5. The number of halogens is 2. The summed E-state index contributed by atoms with van der Waals surface area (Å²) in [6, 6.07) is 14.6. The van der Waals surface area contributed by atoms with Gasteiger partial charge in [-0.15, -0.1) is 16.8 Å². The summed E-state index contributed by atoms with van der Waals surface area (Å²) >= 11 is 9.25. The number of amides is 1. The third-order valence-corrected chi connectivity index (χ3v) is 5.99. The summed E-state index contributed by atoms with van der Waals surface area (Å²) in [5.74, 6) is 0.0536. The fraction of sp³-hybridized carbons (Fsp3) is 0.150. The van der Waals surface area contributed by atoms with Crippen LogP contribution in [-0.2, 0) is 28.6 Å². The average Bonchev–Trinajstić information content (AvgIpc) is 3.08. The van der Waals surface area contributed by atoms with Gasteiger partial charge in [0.25, 0.3) is 0 Å². The highest BCUT2D eigenvalue weighted by atomic mass is 79.9. The van der Waals surface area contributed by atoms with Crippen LogP contribution in [0, 0.1) is 0 Å². The van der Waals surface area contributed by atoms with Crippen LogP contribution in [0.5, 0.6) is 0 Å². The van der Waals surface area contributed by atoms with Crippen molar-refractivity contribution < 1.29 is 9.00 Å². The van der Waals surface area contributed by atoms with E-state index in [9.17, 15) is 9.00 Å². The number of carbonyl (C=O) groups is 1. The predicted molar refractivity (Wildman–Crippen MR) is 119 cm³/mol. The predicted octanol–water partition coefficient (Wildman–Crippen LogP) is 4.22. The lowest BCUT2D eigenvalue weighted by Gasteiger charge is -2.09. The van der Waals surface area contributed by atoms with Gasteiger partial charge in [-0.2, -0.15) is 0 Å². The Balaban J connectivity index is 1.73. The molecule has 0 saturated carbocycles. The third kappa shape index (κ3) is 5.85. The summed E-state index contributed by atoms with van der Waals surface area (Å²) in [7, 11) is -1.65. The van der Waals surface area contributed by atoms with Crippen LogP contribution in [0.4, 0.5) is 5.69 Å². The van der Waals surface area contributed by atoms with Gasteiger partial charge in [0.05, 0.1) is 0 Å². The van der Waals surface area contributed by atoms with Crippen LogP contribution in [0.25, 0.3) is 0 Å². The summed E-state index contributed by atoms with van der Waals surface area (Å²) in [5.41, 5.74) is 1.63. The number of benzene rings is 2. The maximum atomic E-state index is 12.8. The molecular weight excluding hydrogens is 476 g/mol. The first kappa shape index (κ1) is 21.4. The van der Waals surface area contributed by atoms with Crippen LogP contribution in [0.2, 0.25) is 5.02 Å². The number of aromatic nitrogens is 3. The van der Waals surface area contributed by atoms with Gasteiger partial charge < -0.3 is 5.32 Å². The Hall–Kier alpha value is -2.29. The third-order valence-electron chi connectivity index (χ3n) is 3.97. The van der Waals surface area contributed by atoms with Crippen LogP contribution in [0.3, 0.4) is 0 Å². The smallest absolute Gasteiger partial charge is 0.237 e. The number of nitrogens with zero attached hydrogens (tertiary/aromatic N) is 3. The van der Waals surface area contributed by atoms with Gasteiger partial charge in [0, 0.05) is 28.1 Å². The minimum absolute atomic E-state index is 0.226. The fourth-order valence-electron chi connectivity index (χ4n) is 2.63. The number of anilines is 1. The van der Waals surface area contributed by atoms with E-state index in [4.69, 9.17) is 11.6 Å². The molecule has 0 aliphatic rings. The highest BCUT2D eigenvalue weighted by Crippen LogP contribution is 2.16. The van der Waals surface area contributed by atoms with Crippen molar-refractivity contribution in [3.63, 3.8) is 0 Å². The number of hydrogen-bond donors (Lipinski definition) is 1. The molecule has 1 atom stereocenters. The van der Waals surface area contributed by atoms with E-state index >= 15 is 0 Å². The lowest BCUT2D eigenvalue weighted by Crippen LogP contribution is -2.21. The van der Waals surface area contributed by atoms with Crippen LogP contribution in [-0.4, -0.2) is 30.6 Å². The molecule has 0 saturated heterocycles. The molecule has 1 N–H and O–H groups in total. The molecule has 0 bridgehead atoms. The maximum Gasteiger partial charge on any atom is 0.237 e. The van der Waals surface area contributed by atoms with Crippen LogP contribution in [0.1, 0.15) is 11.4 Å². The molecule has 6 nitrogen and oxygen atoms in total. The molecule has 0 fully saturated rings. The van der Waals surface area contributed by atoms with Gasteiger partial charge in [0.15, 0.2) is 0 Å². The molecule has 0 aliphatic carbocycles. The van der Waals surface area contributed by atoms with Crippen molar-refractivity contribution in [2.24, 2.45) is 0 Å². The Morgan fingerprint density at radius 1 is 1.17 bits per heavy atom. The van der Waals surface area contributed by atoms with E-state index in [2.05, 4.69) is 38.0 Å². The number of carbonyl (C=O) groups excluding carboxylic acids is 1. The molecule has 9 heteroatoms. The van der Waals surface area contributed by atoms with Crippen LogP contribution in [0.15, 0.2) is 70.8 Å². The van der Waals surface area contributed by atoms with Crippen LogP contribution >= 0.6 is 27.5 Å². The van der Waals surface area contributed by atoms with Gasteiger partial charge in [-0.3, -0.25) is 13.6 Å².